The Morgan fingerprint density at radius 3 is 3.06 bits per heavy atom. The molecule has 0 bridgehead atoms. The molecule has 0 atom stereocenters. The minimum Gasteiger partial charge on any atom is -0.507 e. The Bertz CT molecular complexity index is 531. The van der Waals surface area contributed by atoms with Crippen molar-refractivity contribution in [1.29, 1.82) is 0 Å². The lowest BCUT2D eigenvalue weighted by Crippen LogP contribution is -1.88. The van der Waals surface area contributed by atoms with Gasteiger partial charge >= 0.3 is 0 Å². The Morgan fingerprint density at radius 2 is 2.35 bits per heavy atom. The molecular formula is C12H12N4O. The SMILES string of the molecule is C=CCc1cccc(C=Nc2ncn[nH]2)c1O. The fourth-order valence-corrected chi connectivity index (χ4v) is 1.43. The largest absolute Gasteiger partial charge is 0.507 e. The van der Waals surface area contributed by atoms with E-state index in [1.54, 1.807) is 18.4 Å². The molecular weight excluding hydrogens is 216 g/mol. The Hall–Kier alpha value is -2.43. The van der Waals surface area contributed by atoms with Crippen LogP contribution in [0.3, 0.4) is 0 Å². The first-order chi connectivity index (χ1) is 8.31. The third-order valence-electron chi connectivity index (χ3n) is 2.24. The maximum atomic E-state index is 9.96. The van der Waals surface area contributed by atoms with Crippen LogP contribution in [0, 0.1) is 0 Å². The van der Waals surface area contributed by atoms with Crippen LogP contribution in [-0.4, -0.2) is 26.5 Å². The van der Waals surface area contributed by atoms with Crippen LogP contribution >= 0.6 is 0 Å². The number of allylic oxidation sites excluding steroid dienone is 1. The van der Waals surface area contributed by atoms with Crippen LogP contribution in [0.15, 0.2) is 42.2 Å². The molecule has 86 valence electrons. The number of hydrogen-bond acceptors (Lipinski definition) is 4. The van der Waals surface area contributed by atoms with Gasteiger partial charge in [0.05, 0.1) is 0 Å². The summed E-state index contributed by atoms with van der Waals surface area (Å²) >= 11 is 0. The van der Waals surface area contributed by atoms with Crippen molar-refractivity contribution in [2.75, 3.05) is 0 Å². The van der Waals surface area contributed by atoms with Gasteiger partial charge < -0.3 is 5.11 Å². The summed E-state index contributed by atoms with van der Waals surface area (Å²) in [5.74, 6) is 0.620. The van der Waals surface area contributed by atoms with E-state index in [9.17, 15) is 5.11 Å². The average Bonchev–Trinajstić information content (AvgIpc) is 2.83. The predicted molar refractivity (Wildman–Crippen MR) is 65.6 cm³/mol. The number of H-pyrrole nitrogens is 1. The molecule has 0 unspecified atom stereocenters. The molecule has 2 rings (SSSR count). The second-order valence-electron chi connectivity index (χ2n) is 3.42. The molecule has 0 aliphatic rings. The molecule has 0 spiro atoms. The molecule has 0 radical (unpaired) electrons. The number of hydrogen-bond donors (Lipinski definition) is 2. The minimum absolute atomic E-state index is 0.218. The zero-order valence-electron chi connectivity index (χ0n) is 9.17. The highest BCUT2D eigenvalue weighted by Crippen LogP contribution is 2.22. The lowest BCUT2D eigenvalue weighted by atomic mass is 10.1. The highest BCUT2D eigenvalue weighted by Gasteiger charge is 2.03. The molecule has 0 aliphatic heterocycles. The average molecular weight is 228 g/mol. The summed E-state index contributed by atoms with van der Waals surface area (Å²) in [4.78, 5) is 7.92. The van der Waals surface area contributed by atoms with Gasteiger partial charge in [-0.3, -0.25) is 0 Å². The van der Waals surface area contributed by atoms with Crippen molar-refractivity contribution in [3.05, 3.63) is 48.3 Å². The Balaban J connectivity index is 2.27. The van der Waals surface area contributed by atoms with E-state index in [0.717, 1.165) is 5.56 Å². The second kappa shape index (κ2) is 5.07. The molecule has 0 amide bonds. The molecule has 5 heteroatoms. The van der Waals surface area contributed by atoms with E-state index < -0.39 is 0 Å². The highest BCUT2D eigenvalue weighted by atomic mass is 16.3. The fraction of sp³-hybridized carbons (Fsp3) is 0.0833. The molecule has 1 heterocycles. The van der Waals surface area contributed by atoms with E-state index in [1.807, 2.05) is 12.1 Å². The third kappa shape index (κ3) is 2.57. The fourth-order valence-electron chi connectivity index (χ4n) is 1.43. The summed E-state index contributed by atoms with van der Waals surface area (Å²) in [6.45, 7) is 3.65. The lowest BCUT2D eigenvalue weighted by molar-refractivity contribution is 0.469. The Kier molecular flexibility index (Phi) is 3.30. The van der Waals surface area contributed by atoms with Gasteiger partial charge in [-0.2, -0.15) is 10.1 Å². The number of aromatic hydroxyl groups is 1. The summed E-state index contributed by atoms with van der Waals surface area (Å²) < 4.78 is 0. The summed E-state index contributed by atoms with van der Waals surface area (Å²) in [5.41, 5.74) is 1.46. The molecule has 17 heavy (non-hydrogen) atoms. The molecule has 2 N–H and O–H groups in total. The number of nitrogens with zero attached hydrogens (tertiary/aromatic N) is 3. The van der Waals surface area contributed by atoms with Gasteiger partial charge in [-0.15, -0.1) is 6.58 Å². The van der Waals surface area contributed by atoms with Crippen molar-refractivity contribution in [3.63, 3.8) is 0 Å². The van der Waals surface area contributed by atoms with Gasteiger partial charge in [0, 0.05) is 11.8 Å². The first-order valence-electron chi connectivity index (χ1n) is 5.12. The van der Waals surface area contributed by atoms with Gasteiger partial charge in [-0.25, -0.2) is 10.1 Å². The molecule has 5 nitrogen and oxygen atoms in total. The van der Waals surface area contributed by atoms with E-state index in [4.69, 9.17) is 0 Å². The second-order valence-corrected chi connectivity index (χ2v) is 3.42. The summed E-state index contributed by atoms with van der Waals surface area (Å²) in [6.07, 6.45) is 5.28. The van der Waals surface area contributed by atoms with Crippen molar-refractivity contribution in [2.24, 2.45) is 4.99 Å². The van der Waals surface area contributed by atoms with Crippen LogP contribution in [0.2, 0.25) is 0 Å². The molecule has 0 aliphatic carbocycles. The number of phenolic OH excluding ortho intramolecular Hbond substituents is 1. The van der Waals surface area contributed by atoms with E-state index >= 15 is 0 Å². The summed E-state index contributed by atoms with van der Waals surface area (Å²) in [5, 5.41) is 16.3. The van der Waals surface area contributed by atoms with Crippen LogP contribution in [0.5, 0.6) is 5.75 Å². The number of rotatable bonds is 4. The zero-order chi connectivity index (χ0) is 12.1. The molecule has 0 saturated heterocycles. The number of benzene rings is 1. The Morgan fingerprint density at radius 1 is 1.47 bits per heavy atom. The maximum Gasteiger partial charge on any atom is 0.245 e. The highest BCUT2D eigenvalue weighted by molar-refractivity contribution is 5.85. The van der Waals surface area contributed by atoms with Crippen LogP contribution in [0.1, 0.15) is 11.1 Å². The van der Waals surface area contributed by atoms with E-state index in [1.165, 1.54) is 6.33 Å². The number of phenols is 1. The van der Waals surface area contributed by atoms with Crippen molar-refractivity contribution >= 4 is 12.2 Å². The smallest absolute Gasteiger partial charge is 0.245 e. The molecule has 1 aromatic carbocycles. The maximum absolute atomic E-state index is 9.96. The number of nitrogens with one attached hydrogen (secondary N) is 1. The predicted octanol–water partition coefficient (Wildman–Crippen LogP) is 1.99. The van der Waals surface area contributed by atoms with Gasteiger partial charge in [0.25, 0.3) is 0 Å². The van der Waals surface area contributed by atoms with Gasteiger partial charge in [0.1, 0.15) is 12.1 Å². The van der Waals surface area contributed by atoms with Gasteiger partial charge in [0.2, 0.25) is 5.95 Å². The number of para-hydroxylation sites is 1. The quantitative estimate of drug-likeness (QED) is 0.620. The number of aromatic amines is 1. The minimum atomic E-state index is 0.218. The first kappa shape index (κ1) is 11.1. The van der Waals surface area contributed by atoms with Crippen molar-refractivity contribution in [2.45, 2.75) is 6.42 Å². The van der Waals surface area contributed by atoms with Crippen molar-refractivity contribution in [3.8, 4) is 5.75 Å². The van der Waals surface area contributed by atoms with Gasteiger partial charge in [-0.05, 0) is 18.1 Å². The monoisotopic (exact) mass is 228 g/mol. The van der Waals surface area contributed by atoms with Gasteiger partial charge in [0.15, 0.2) is 0 Å². The van der Waals surface area contributed by atoms with Crippen molar-refractivity contribution < 1.29 is 5.11 Å². The lowest BCUT2D eigenvalue weighted by Gasteiger charge is -2.03. The normalized spacial score (nSPS) is 10.8. The van der Waals surface area contributed by atoms with Crippen LogP contribution in [0.25, 0.3) is 0 Å². The molecule has 1 aromatic heterocycles. The van der Waals surface area contributed by atoms with Crippen LogP contribution < -0.4 is 0 Å². The number of aromatic nitrogens is 3. The first-order valence-corrected chi connectivity index (χ1v) is 5.12. The third-order valence-corrected chi connectivity index (χ3v) is 2.24. The van der Waals surface area contributed by atoms with E-state index in [-0.39, 0.29) is 5.75 Å². The standard InChI is InChI=1S/C12H12N4O/c1-2-4-9-5-3-6-10(11(9)17)7-13-12-14-8-15-16-12/h2-3,5-8,17H,1,4H2,(H,14,15,16). The summed E-state index contributed by atoms with van der Waals surface area (Å²) in [7, 11) is 0. The van der Waals surface area contributed by atoms with Crippen LogP contribution in [-0.2, 0) is 6.42 Å². The summed E-state index contributed by atoms with van der Waals surface area (Å²) in [6, 6.07) is 5.49. The molecule has 0 fully saturated rings. The van der Waals surface area contributed by atoms with E-state index in [0.29, 0.717) is 17.9 Å². The van der Waals surface area contributed by atoms with Crippen LogP contribution in [0.4, 0.5) is 5.95 Å². The van der Waals surface area contributed by atoms with Gasteiger partial charge in [-0.1, -0.05) is 18.2 Å². The number of aliphatic imine (C=N–C) groups is 1. The zero-order valence-corrected chi connectivity index (χ0v) is 9.17. The van der Waals surface area contributed by atoms with E-state index in [2.05, 4.69) is 26.8 Å². The van der Waals surface area contributed by atoms with Crippen molar-refractivity contribution in [1.82, 2.24) is 15.2 Å². The topological polar surface area (TPSA) is 74.2 Å². The molecule has 2 aromatic rings. The Labute approximate surface area is 98.6 Å². The molecule has 0 saturated carbocycles.